The standard InChI is InChI=1S/C22H30N4O/c1-3-4-5-6-7-8-9-13-16-25-17-23-21-20(22(25)27)18(2)24-26(21)19-14-11-10-12-15-19/h10-12,14-15,17H,3-9,13,16H2,1-2H3. The minimum Gasteiger partial charge on any atom is -0.299 e. The lowest BCUT2D eigenvalue weighted by molar-refractivity contribution is 0.536. The molecule has 1 aromatic carbocycles. The maximum absolute atomic E-state index is 12.9. The van der Waals surface area contributed by atoms with Crippen LogP contribution in [0, 0.1) is 6.92 Å². The topological polar surface area (TPSA) is 52.7 Å². The number of rotatable bonds is 10. The Labute approximate surface area is 161 Å². The molecule has 0 N–H and O–H groups in total. The number of nitrogens with zero attached hydrogens (tertiary/aromatic N) is 4. The highest BCUT2D eigenvalue weighted by molar-refractivity contribution is 5.78. The van der Waals surface area contributed by atoms with Gasteiger partial charge < -0.3 is 0 Å². The van der Waals surface area contributed by atoms with Crippen molar-refractivity contribution < 1.29 is 0 Å². The van der Waals surface area contributed by atoms with Gasteiger partial charge in [0.2, 0.25) is 0 Å². The van der Waals surface area contributed by atoms with Crippen molar-refractivity contribution in [2.24, 2.45) is 0 Å². The van der Waals surface area contributed by atoms with Crippen molar-refractivity contribution in [1.29, 1.82) is 0 Å². The largest absolute Gasteiger partial charge is 0.299 e. The molecule has 3 rings (SSSR count). The molecule has 5 nitrogen and oxygen atoms in total. The van der Waals surface area contributed by atoms with Gasteiger partial charge in [-0.25, -0.2) is 9.67 Å². The summed E-state index contributed by atoms with van der Waals surface area (Å²) in [5.74, 6) is 0. The van der Waals surface area contributed by atoms with Crippen LogP contribution < -0.4 is 5.56 Å². The molecule has 0 saturated carbocycles. The first-order chi connectivity index (χ1) is 13.2. The lowest BCUT2D eigenvalue weighted by Crippen LogP contribution is -2.21. The third kappa shape index (κ3) is 4.65. The first kappa shape index (κ1) is 19.3. The summed E-state index contributed by atoms with van der Waals surface area (Å²) < 4.78 is 3.50. The molecule has 0 atom stereocenters. The average molecular weight is 367 g/mol. The molecule has 2 heterocycles. The molecule has 0 radical (unpaired) electrons. The second-order valence-electron chi connectivity index (χ2n) is 7.25. The van der Waals surface area contributed by atoms with E-state index in [-0.39, 0.29) is 5.56 Å². The monoisotopic (exact) mass is 366 g/mol. The minimum atomic E-state index is 0.0163. The summed E-state index contributed by atoms with van der Waals surface area (Å²) in [5, 5.41) is 5.17. The number of unbranched alkanes of at least 4 members (excludes halogenated alkanes) is 7. The van der Waals surface area contributed by atoms with Gasteiger partial charge in [-0.05, 0) is 25.5 Å². The summed E-state index contributed by atoms with van der Waals surface area (Å²) in [6.07, 6.45) is 11.7. The Balaban J connectivity index is 1.66. The molecule has 0 saturated heterocycles. The Kier molecular flexibility index (Phi) is 6.80. The Bertz CT molecular complexity index is 911. The van der Waals surface area contributed by atoms with Gasteiger partial charge in [0.25, 0.3) is 5.56 Å². The summed E-state index contributed by atoms with van der Waals surface area (Å²) in [7, 11) is 0. The van der Waals surface area contributed by atoms with Crippen LogP contribution in [-0.2, 0) is 6.54 Å². The molecule has 27 heavy (non-hydrogen) atoms. The van der Waals surface area contributed by atoms with E-state index in [1.54, 1.807) is 15.6 Å². The van der Waals surface area contributed by atoms with E-state index in [0.717, 1.165) is 24.3 Å². The quantitative estimate of drug-likeness (QED) is 0.473. The van der Waals surface area contributed by atoms with Crippen LogP contribution in [-0.4, -0.2) is 19.3 Å². The Morgan fingerprint density at radius 1 is 0.926 bits per heavy atom. The number of para-hydroxylation sites is 1. The first-order valence-corrected chi connectivity index (χ1v) is 10.2. The summed E-state index contributed by atoms with van der Waals surface area (Å²) in [6, 6.07) is 9.83. The second-order valence-corrected chi connectivity index (χ2v) is 7.25. The van der Waals surface area contributed by atoms with Gasteiger partial charge in [0.1, 0.15) is 5.39 Å². The van der Waals surface area contributed by atoms with Crippen LogP contribution in [0.4, 0.5) is 0 Å². The van der Waals surface area contributed by atoms with Crippen LogP contribution in [0.15, 0.2) is 41.5 Å². The van der Waals surface area contributed by atoms with Gasteiger partial charge in [0.15, 0.2) is 5.65 Å². The molecule has 0 aliphatic rings. The van der Waals surface area contributed by atoms with E-state index >= 15 is 0 Å². The third-order valence-corrected chi connectivity index (χ3v) is 5.08. The molecule has 2 aromatic heterocycles. The molecule has 0 fully saturated rings. The minimum absolute atomic E-state index is 0.0163. The van der Waals surface area contributed by atoms with Crippen molar-refractivity contribution >= 4 is 11.0 Å². The van der Waals surface area contributed by atoms with Gasteiger partial charge in [0, 0.05) is 6.54 Å². The Hall–Kier alpha value is -2.43. The van der Waals surface area contributed by atoms with Crippen molar-refractivity contribution in [2.45, 2.75) is 71.8 Å². The molecule has 0 bridgehead atoms. The van der Waals surface area contributed by atoms with Crippen LogP contribution in [0.2, 0.25) is 0 Å². The van der Waals surface area contributed by atoms with Gasteiger partial charge in [0.05, 0.1) is 17.7 Å². The third-order valence-electron chi connectivity index (χ3n) is 5.08. The zero-order chi connectivity index (χ0) is 19.1. The number of aromatic nitrogens is 4. The summed E-state index contributed by atoms with van der Waals surface area (Å²) in [4.78, 5) is 17.5. The molecule has 0 aliphatic carbocycles. The van der Waals surface area contributed by atoms with Crippen LogP contribution in [0.3, 0.4) is 0 Å². The summed E-state index contributed by atoms with van der Waals surface area (Å²) in [5.41, 5.74) is 2.30. The van der Waals surface area contributed by atoms with E-state index in [1.165, 1.54) is 44.9 Å². The van der Waals surface area contributed by atoms with E-state index in [9.17, 15) is 4.79 Å². The van der Waals surface area contributed by atoms with E-state index in [2.05, 4.69) is 17.0 Å². The van der Waals surface area contributed by atoms with Gasteiger partial charge >= 0.3 is 0 Å². The first-order valence-electron chi connectivity index (χ1n) is 10.2. The van der Waals surface area contributed by atoms with Crippen molar-refractivity contribution in [3.63, 3.8) is 0 Å². The van der Waals surface area contributed by atoms with Crippen LogP contribution in [0.25, 0.3) is 16.7 Å². The van der Waals surface area contributed by atoms with E-state index in [0.29, 0.717) is 11.0 Å². The van der Waals surface area contributed by atoms with Crippen molar-refractivity contribution in [3.05, 3.63) is 52.7 Å². The molecule has 0 aliphatic heterocycles. The van der Waals surface area contributed by atoms with E-state index < -0.39 is 0 Å². The van der Waals surface area contributed by atoms with E-state index in [4.69, 9.17) is 0 Å². The second kappa shape index (κ2) is 9.49. The molecule has 0 unspecified atom stereocenters. The normalized spacial score (nSPS) is 11.3. The maximum atomic E-state index is 12.9. The summed E-state index contributed by atoms with van der Waals surface area (Å²) in [6.45, 7) is 4.85. The number of fused-ring (bicyclic) bond motifs is 1. The fourth-order valence-electron chi connectivity index (χ4n) is 3.53. The maximum Gasteiger partial charge on any atom is 0.264 e. The molecular weight excluding hydrogens is 336 g/mol. The molecule has 0 spiro atoms. The van der Waals surface area contributed by atoms with Crippen LogP contribution >= 0.6 is 0 Å². The molecule has 3 aromatic rings. The number of aryl methyl sites for hydroxylation is 2. The van der Waals surface area contributed by atoms with Gasteiger partial charge in [-0.15, -0.1) is 0 Å². The lowest BCUT2D eigenvalue weighted by Gasteiger charge is -2.06. The molecule has 5 heteroatoms. The van der Waals surface area contributed by atoms with Gasteiger partial charge in [-0.1, -0.05) is 70.1 Å². The predicted molar refractivity (Wildman–Crippen MR) is 110 cm³/mol. The van der Waals surface area contributed by atoms with Gasteiger partial charge in [-0.2, -0.15) is 5.10 Å². The number of benzene rings is 1. The van der Waals surface area contributed by atoms with Crippen molar-refractivity contribution in [3.8, 4) is 5.69 Å². The Morgan fingerprint density at radius 3 is 2.30 bits per heavy atom. The number of hydrogen-bond donors (Lipinski definition) is 0. The van der Waals surface area contributed by atoms with Gasteiger partial charge in [-0.3, -0.25) is 9.36 Å². The number of hydrogen-bond acceptors (Lipinski definition) is 3. The average Bonchev–Trinajstić information content (AvgIpc) is 3.03. The van der Waals surface area contributed by atoms with Crippen molar-refractivity contribution in [1.82, 2.24) is 19.3 Å². The zero-order valence-electron chi connectivity index (χ0n) is 16.5. The SMILES string of the molecule is CCCCCCCCCCn1cnc2c(c(C)nn2-c2ccccc2)c1=O. The zero-order valence-corrected chi connectivity index (χ0v) is 16.5. The van der Waals surface area contributed by atoms with E-state index in [1.807, 2.05) is 37.3 Å². The fraction of sp³-hybridized carbons (Fsp3) is 0.500. The lowest BCUT2D eigenvalue weighted by atomic mass is 10.1. The Morgan fingerprint density at radius 2 is 1.59 bits per heavy atom. The molecule has 0 amide bonds. The van der Waals surface area contributed by atoms with Crippen LogP contribution in [0.1, 0.15) is 64.0 Å². The molecule has 144 valence electrons. The highest BCUT2D eigenvalue weighted by atomic mass is 16.1. The smallest absolute Gasteiger partial charge is 0.264 e. The van der Waals surface area contributed by atoms with Crippen molar-refractivity contribution in [2.75, 3.05) is 0 Å². The highest BCUT2D eigenvalue weighted by Gasteiger charge is 2.15. The molecular formula is C22H30N4O. The predicted octanol–water partition coefficient (Wildman–Crippen LogP) is 5.03. The fourth-order valence-corrected chi connectivity index (χ4v) is 3.53. The summed E-state index contributed by atoms with van der Waals surface area (Å²) >= 11 is 0. The highest BCUT2D eigenvalue weighted by Crippen LogP contribution is 2.17. The van der Waals surface area contributed by atoms with Crippen LogP contribution in [0.5, 0.6) is 0 Å².